The molecule has 1 saturated carbocycles. The third-order valence-corrected chi connectivity index (χ3v) is 10.4. The summed E-state index contributed by atoms with van der Waals surface area (Å²) < 4.78 is 35.8. The minimum absolute atomic E-state index is 0. The van der Waals surface area contributed by atoms with Crippen LogP contribution >= 0.6 is 46.9 Å². The van der Waals surface area contributed by atoms with E-state index in [0.29, 0.717) is 4.96 Å². The number of benzene rings is 2. The molecule has 2 aliphatic rings. The molecule has 0 saturated heterocycles. The van der Waals surface area contributed by atoms with Crippen molar-refractivity contribution >= 4 is 61.9 Å². The highest BCUT2D eigenvalue weighted by atomic mass is 35.5. The van der Waals surface area contributed by atoms with Gasteiger partial charge in [0.15, 0.2) is 15.1 Å². The number of imidazole rings is 1. The van der Waals surface area contributed by atoms with E-state index in [1.165, 1.54) is 38.8 Å². The van der Waals surface area contributed by atoms with Crippen LogP contribution in [0.4, 0.5) is 0 Å². The molecule has 0 amide bonds. The van der Waals surface area contributed by atoms with Crippen molar-refractivity contribution in [1.29, 1.82) is 0 Å². The van der Waals surface area contributed by atoms with Crippen LogP contribution in [0.15, 0.2) is 59.1 Å². The quantitative estimate of drug-likeness (QED) is 0.246. The lowest BCUT2D eigenvalue weighted by molar-refractivity contribution is 0.164. The van der Waals surface area contributed by atoms with E-state index in [4.69, 9.17) is 27.9 Å². The van der Waals surface area contributed by atoms with Crippen molar-refractivity contribution in [3.63, 3.8) is 0 Å². The monoisotopic (exact) mass is 612 g/mol. The number of ether oxygens (including phenoxy) is 1. The maximum absolute atomic E-state index is 12.9. The third-order valence-electron chi connectivity index (χ3n) is 7.48. The lowest BCUT2D eigenvalue weighted by Crippen LogP contribution is -2.49. The molecule has 4 aromatic rings. The molecule has 1 fully saturated rings. The first kappa shape index (κ1) is 27.7. The maximum atomic E-state index is 12.9. The van der Waals surface area contributed by atoms with Gasteiger partial charge < -0.3 is 10.1 Å². The zero-order valence-electron chi connectivity index (χ0n) is 20.3. The Labute approximate surface area is 242 Å². The predicted octanol–water partition coefficient (Wildman–Crippen LogP) is 5.79. The Hall–Kier alpha value is -1.85. The van der Waals surface area contributed by atoms with Gasteiger partial charge in [-0.3, -0.25) is 4.40 Å². The van der Waals surface area contributed by atoms with Gasteiger partial charge in [0.2, 0.25) is 0 Å². The summed E-state index contributed by atoms with van der Waals surface area (Å²) in [7, 11) is -3.84. The van der Waals surface area contributed by atoms with E-state index in [2.05, 4.69) is 39.3 Å². The highest BCUT2D eigenvalue weighted by Crippen LogP contribution is 2.53. The number of hydrogen-bond donors (Lipinski definition) is 2. The first-order chi connectivity index (χ1) is 17.9. The second kappa shape index (κ2) is 11.0. The molecule has 2 aromatic heterocycles. The second-order valence-electron chi connectivity index (χ2n) is 9.52. The topological polar surface area (TPSA) is 84.7 Å². The van der Waals surface area contributed by atoms with Gasteiger partial charge in [-0.2, -0.15) is 0 Å². The summed E-state index contributed by atoms with van der Waals surface area (Å²) in [5, 5.41) is 6.19. The zero-order chi connectivity index (χ0) is 25.6. The lowest BCUT2D eigenvalue weighted by Gasteiger charge is -2.50. The van der Waals surface area contributed by atoms with E-state index in [0.717, 1.165) is 36.6 Å². The summed E-state index contributed by atoms with van der Waals surface area (Å²) in [5.74, 6) is 0.722. The minimum atomic E-state index is -3.84. The van der Waals surface area contributed by atoms with Crippen LogP contribution in [0.25, 0.3) is 4.96 Å². The fourth-order valence-electron chi connectivity index (χ4n) is 5.59. The number of hydrogen-bond acceptors (Lipinski definition) is 6. The number of fused-ring (bicyclic) bond motifs is 2. The van der Waals surface area contributed by atoms with E-state index in [1.807, 2.05) is 18.2 Å². The molecule has 2 N–H and O–H groups in total. The Morgan fingerprint density at radius 1 is 1.18 bits per heavy atom. The fourth-order valence-corrected chi connectivity index (χ4v) is 8.18. The molecule has 0 radical (unpaired) electrons. The van der Waals surface area contributed by atoms with Crippen LogP contribution in [-0.2, 0) is 21.9 Å². The average Bonchev–Trinajstić information content (AvgIpc) is 3.42. The SMILES string of the molecule is Cl.O=S(=O)(NCCOc1ccc2c(c1)C(C1(c3ccc(Cl)cc3)CCC1)NCC2)c1c(Cl)nc2sccn12. The van der Waals surface area contributed by atoms with Crippen LogP contribution in [0.3, 0.4) is 0 Å². The number of sulfonamides is 1. The van der Waals surface area contributed by atoms with Crippen molar-refractivity contribution in [3.8, 4) is 5.75 Å². The summed E-state index contributed by atoms with van der Waals surface area (Å²) in [6, 6.07) is 14.7. The van der Waals surface area contributed by atoms with Crippen LogP contribution in [0.2, 0.25) is 10.2 Å². The van der Waals surface area contributed by atoms with Crippen molar-refractivity contribution < 1.29 is 13.2 Å². The maximum Gasteiger partial charge on any atom is 0.259 e. The van der Waals surface area contributed by atoms with Crippen LogP contribution in [0.5, 0.6) is 5.75 Å². The van der Waals surface area contributed by atoms with Gasteiger partial charge >= 0.3 is 0 Å². The number of halogens is 3. The molecule has 6 rings (SSSR count). The Balaban J connectivity index is 0.00000294. The van der Waals surface area contributed by atoms with Crippen molar-refractivity contribution in [2.24, 2.45) is 0 Å². The number of nitrogens with zero attached hydrogens (tertiary/aromatic N) is 2. The van der Waals surface area contributed by atoms with Gasteiger partial charge in [-0.25, -0.2) is 18.1 Å². The number of aromatic nitrogens is 2. The summed E-state index contributed by atoms with van der Waals surface area (Å²) in [4.78, 5) is 4.63. The normalized spacial score (nSPS) is 18.4. The van der Waals surface area contributed by atoms with Gasteiger partial charge in [0.25, 0.3) is 10.0 Å². The molecule has 7 nitrogen and oxygen atoms in total. The van der Waals surface area contributed by atoms with Gasteiger partial charge in [0.05, 0.1) is 0 Å². The van der Waals surface area contributed by atoms with Gasteiger partial charge in [0, 0.05) is 34.6 Å². The smallest absolute Gasteiger partial charge is 0.259 e. The molecule has 1 aliphatic heterocycles. The number of nitrogens with one attached hydrogen (secondary N) is 2. The summed E-state index contributed by atoms with van der Waals surface area (Å²) >= 11 is 13.6. The Morgan fingerprint density at radius 3 is 2.71 bits per heavy atom. The standard InChI is InChI=1S/C26H26Cl2N4O3S2.ClH/c27-19-5-3-18(4-6-19)26(9-1-10-26)22-21-16-20(7-2-17(21)8-11-29-22)35-14-12-30-37(33,34)24-23(28)31-25-32(24)13-15-36-25;/h2-7,13,15-16,22,29-30H,1,8-12,14H2;1H. The average molecular weight is 614 g/mol. The largest absolute Gasteiger partial charge is 0.492 e. The molecule has 202 valence electrons. The molecule has 0 spiro atoms. The van der Waals surface area contributed by atoms with Gasteiger partial charge in [-0.05, 0) is 66.8 Å². The van der Waals surface area contributed by atoms with E-state index in [9.17, 15) is 8.42 Å². The van der Waals surface area contributed by atoms with Crippen molar-refractivity contribution in [2.45, 2.75) is 42.2 Å². The van der Waals surface area contributed by atoms with E-state index < -0.39 is 10.0 Å². The summed E-state index contributed by atoms with van der Waals surface area (Å²) in [6.07, 6.45) is 6.04. The van der Waals surface area contributed by atoms with E-state index in [1.54, 1.807) is 11.6 Å². The zero-order valence-corrected chi connectivity index (χ0v) is 24.3. The minimum Gasteiger partial charge on any atom is -0.492 e. The molecule has 1 aliphatic carbocycles. The van der Waals surface area contributed by atoms with Gasteiger partial charge in [0.1, 0.15) is 12.4 Å². The molecule has 1 atom stereocenters. The lowest BCUT2D eigenvalue weighted by atomic mass is 9.58. The van der Waals surface area contributed by atoms with E-state index >= 15 is 0 Å². The Kier molecular flexibility index (Phi) is 7.99. The first-order valence-corrected chi connectivity index (χ1v) is 15.4. The van der Waals surface area contributed by atoms with Crippen LogP contribution in [-0.4, -0.2) is 37.5 Å². The fraction of sp³-hybridized carbons (Fsp3) is 0.346. The Bertz CT molecular complexity index is 1550. The summed E-state index contributed by atoms with van der Waals surface area (Å²) in [6.45, 7) is 1.22. The van der Waals surface area contributed by atoms with Gasteiger partial charge in [-0.15, -0.1) is 23.7 Å². The third kappa shape index (κ3) is 4.94. The van der Waals surface area contributed by atoms with Crippen LogP contribution in [0, 0.1) is 0 Å². The van der Waals surface area contributed by atoms with E-state index in [-0.39, 0.29) is 47.2 Å². The molecule has 0 bridgehead atoms. The highest BCUT2D eigenvalue weighted by molar-refractivity contribution is 7.89. The first-order valence-electron chi connectivity index (χ1n) is 12.2. The molecule has 1 unspecified atom stereocenters. The molecule has 2 aromatic carbocycles. The van der Waals surface area contributed by atoms with Crippen molar-refractivity contribution in [3.05, 3.63) is 80.9 Å². The number of thiazole rings is 1. The second-order valence-corrected chi connectivity index (χ2v) is 12.9. The van der Waals surface area contributed by atoms with Crippen molar-refractivity contribution in [1.82, 2.24) is 19.4 Å². The molecule has 12 heteroatoms. The predicted molar refractivity (Wildman–Crippen MR) is 154 cm³/mol. The van der Waals surface area contributed by atoms with Crippen LogP contribution in [0.1, 0.15) is 42.0 Å². The summed E-state index contributed by atoms with van der Waals surface area (Å²) in [5.41, 5.74) is 3.93. The molecule has 38 heavy (non-hydrogen) atoms. The van der Waals surface area contributed by atoms with Crippen LogP contribution < -0.4 is 14.8 Å². The molecule has 3 heterocycles. The van der Waals surface area contributed by atoms with Crippen molar-refractivity contribution in [2.75, 3.05) is 19.7 Å². The molecular weight excluding hydrogens is 587 g/mol. The Morgan fingerprint density at radius 2 is 1.97 bits per heavy atom. The number of rotatable bonds is 8. The van der Waals surface area contributed by atoms with Gasteiger partial charge in [-0.1, -0.05) is 47.8 Å². The highest BCUT2D eigenvalue weighted by Gasteiger charge is 2.47. The molecular formula is C26H27Cl3N4O3S2.